The molecule has 0 saturated carbocycles. The van der Waals surface area contributed by atoms with Gasteiger partial charge in [-0.2, -0.15) is 5.10 Å². The van der Waals surface area contributed by atoms with Gasteiger partial charge < -0.3 is 5.73 Å². The van der Waals surface area contributed by atoms with Gasteiger partial charge in [-0.15, -0.1) is 0 Å². The van der Waals surface area contributed by atoms with Gasteiger partial charge in [0.05, 0.1) is 5.69 Å². The Kier molecular flexibility index (Phi) is 2.47. The van der Waals surface area contributed by atoms with Crippen LogP contribution >= 0.6 is 15.9 Å². The number of benzene rings is 1. The molecule has 2 aromatic rings. The van der Waals surface area contributed by atoms with Crippen molar-refractivity contribution in [3.63, 3.8) is 0 Å². The normalized spacial score (nSPS) is 14.0. The minimum absolute atomic E-state index is 0.693. The van der Waals surface area contributed by atoms with Crippen LogP contribution in [0, 0.1) is 6.92 Å². The summed E-state index contributed by atoms with van der Waals surface area (Å²) < 4.78 is 3.12. The lowest BCUT2D eigenvalue weighted by molar-refractivity contribution is 0.788. The fourth-order valence-corrected chi connectivity index (χ4v) is 2.69. The second kappa shape index (κ2) is 3.88. The van der Waals surface area contributed by atoms with Gasteiger partial charge in [0.1, 0.15) is 5.82 Å². The molecule has 0 amide bonds. The van der Waals surface area contributed by atoms with Crippen LogP contribution in [0.2, 0.25) is 0 Å². The fraction of sp³-hybridized carbons (Fsp3) is 0.308. The first-order valence-electron chi connectivity index (χ1n) is 5.79. The molecule has 0 unspecified atom stereocenters. The Balaban J connectivity index is 2.15. The smallest absolute Gasteiger partial charge is 0.149 e. The van der Waals surface area contributed by atoms with Crippen LogP contribution in [0.15, 0.2) is 22.7 Å². The maximum atomic E-state index is 5.96. The number of nitrogen functional groups attached to an aromatic ring is 1. The van der Waals surface area contributed by atoms with Gasteiger partial charge in [-0.3, -0.25) is 0 Å². The van der Waals surface area contributed by atoms with E-state index in [-0.39, 0.29) is 0 Å². The molecule has 17 heavy (non-hydrogen) atoms. The molecule has 1 aromatic carbocycles. The van der Waals surface area contributed by atoms with Crippen LogP contribution in [0.3, 0.4) is 0 Å². The standard InChI is InChI=1S/C13H14BrN3/c1-8-7-9(5-6-11(8)14)17-12-4-2-3-10(12)13(15)16-17/h5-7H,2-4H2,1H3,(H2,15,16). The van der Waals surface area contributed by atoms with E-state index >= 15 is 0 Å². The molecule has 0 spiro atoms. The van der Waals surface area contributed by atoms with E-state index in [0.717, 1.165) is 23.0 Å². The summed E-state index contributed by atoms with van der Waals surface area (Å²) in [4.78, 5) is 0. The Hall–Kier alpha value is -1.29. The molecule has 3 rings (SSSR count). The van der Waals surface area contributed by atoms with Crippen molar-refractivity contribution >= 4 is 21.7 Å². The number of rotatable bonds is 1. The van der Waals surface area contributed by atoms with Gasteiger partial charge >= 0.3 is 0 Å². The summed E-state index contributed by atoms with van der Waals surface area (Å²) in [6.45, 7) is 2.08. The Morgan fingerprint density at radius 2 is 2.18 bits per heavy atom. The van der Waals surface area contributed by atoms with Crippen LogP contribution in [-0.2, 0) is 12.8 Å². The molecule has 0 fully saturated rings. The highest BCUT2D eigenvalue weighted by molar-refractivity contribution is 9.10. The summed E-state index contributed by atoms with van der Waals surface area (Å²) in [5, 5.41) is 4.45. The average Bonchev–Trinajstić information content (AvgIpc) is 2.87. The summed E-state index contributed by atoms with van der Waals surface area (Å²) in [6.07, 6.45) is 3.33. The van der Waals surface area contributed by atoms with Crippen molar-refractivity contribution in [3.8, 4) is 5.69 Å². The van der Waals surface area contributed by atoms with Crippen molar-refractivity contribution in [2.75, 3.05) is 5.73 Å². The van der Waals surface area contributed by atoms with Gasteiger partial charge in [-0.25, -0.2) is 4.68 Å². The highest BCUT2D eigenvalue weighted by atomic mass is 79.9. The molecule has 1 heterocycles. The van der Waals surface area contributed by atoms with Crippen LogP contribution in [0.5, 0.6) is 0 Å². The SMILES string of the molecule is Cc1cc(-n2nc(N)c3c2CCC3)ccc1Br. The molecule has 1 aliphatic carbocycles. The molecule has 0 aliphatic heterocycles. The van der Waals surface area contributed by atoms with E-state index in [1.807, 2.05) is 4.68 Å². The topological polar surface area (TPSA) is 43.8 Å². The molecule has 4 heteroatoms. The maximum absolute atomic E-state index is 5.96. The molecule has 0 radical (unpaired) electrons. The zero-order valence-corrected chi connectivity index (χ0v) is 11.3. The molecule has 0 saturated heterocycles. The minimum atomic E-state index is 0.693. The van der Waals surface area contributed by atoms with E-state index in [1.54, 1.807) is 0 Å². The van der Waals surface area contributed by atoms with Gasteiger partial charge in [0.25, 0.3) is 0 Å². The summed E-state index contributed by atoms with van der Waals surface area (Å²) in [6, 6.07) is 6.27. The van der Waals surface area contributed by atoms with Crippen LogP contribution in [0.4, 0.5) is 5.82 Å². The summed E-state index contributed by atoms with van der Waals surface area (Å²) in [7, 11) is 0. The van der Waals surface area contributed by atoms with Crippen molar-refractivity contribution in [2.24, 2.45) is 0 Å². The summed E-state index contributed by atoms with van der Waals surface area (Å²) in [5.41, 5.74) is 10.8. The Morgan fingerprint density at radius 1 is 1.35 bits per heavy atom. The lowest BCUT2D eigenvalue weighted by Gasteiger charge is -2.07. The predicted octanol–water partition coefficient (Wildman–Crippen LogP) is 3.01. The Morgan fingerprint density at radius 3 is 2.94 bits per heavy atom. The number of anilines is 1. The molecular weight excluding hydrogens is 278 g/mol. The Bertz CT molecular complexity index is 587. The van der Waals surface area contributed by atoms with Gasteiger partial charge in [0.15, 0.2) is 0 Å². The number of fused-ring (bicyclic) bond motifs is 1. The number of hydrogen-bond donors (Lipinski definition) is 1. The third kappa shape index (κ3) is 1.67. The number of halogens is 1. The molecule has 88 valence electrons. The van der Waals surface area contributed by atoms with Crippen LogP contribution in [0.1, 0.15) is 23.2 Å². The monoisotopic (exact) mass is 291 g/mol. The lowest BCUT2D eigenvalue weighted by atomic mass is 10.2. The molecule has 2 N–H and O–H groups in total. The van der Waals surface area contributed by atoms with Gasteiger partial charge in [-0.1, -0.05) is 15.9 Å². The van der Waals surface area contributed by atoms with Crippen molar-refractivity contribution in [3.05, 3.63) is 39.5 Å². The predicted molar refractivity (Wildman–Crippen MR) is 72.4 cm³/mol. The largest absolute Gasteiger partial charge is 0.382 e. The van der Waals surface area contributed by atoms with Gasteiger partial charge in [-0.05, 0) is 49.9 Å². The van der Waals surface area contributed by atoms with Crippen molar-refractivity contribution in [1.82, 2.24) is 9.78 Å². The quantitative estimate of drug-likeness (QED) is 0.878. The second-order valence-electron chi connectivity index (χ2n) is 4.51. The van der Waals surface area contributed by atoms with Crippen molar-refractivity contribution in [1.29, 1.82) is 0 Å². The zero-order chi connectivity index (χ0) is 12.0. The molecule has 0 atom stereocenters. The molecule has 1 aromatic heterocycles. The molecular formula is C13H14BrN3. The average molecular weight is 292 g/mol. The van der Waals surface area contributed by atoms with E-state index in [4.69, 9.17) is 5.73 Å². The van der Waals surface area contributed by atoms with E-state index in [0.29, 0.717) is 5.82 Å². The fourth-order valence-electron chi connectivity index (χ4n) is 2.44. The number of nitrogens with zero attached hydrogens (tertiary/aromatic N) is 2. The highest BCUT2D eigenvalue weighted by Gasteiger charge is 2.21. The van der Waals surface area contributed by atoms with Crippen molar-refractivity contribution < 1.29 is 0 Å². The Labute approximate surface area is 109 Å². The first-order chi connectivity index (χ1) is 8.16. The van der Waals surface area contributed by atoms with Crippen LogP contribution < -0.4 is 5.73 Å². The lowest BCUT2D eigenvalue weighted by Crippen LogP contribution is -2.02. The van der Waals surface area contributed by atoms with Gasteiger partial charge in [0.2, 0.25) is 0 Å². The van der Waals surface area contributed by atoms with Crippen LogP contribution in [0.25, 0.3) is 5.69 Å². The van der Waals surface area contributed by atoms with Crippen LogP contribution in [-0.4, -0.2) is 9.78 Å². The number of hydrogen-bond acceptors (Lipinski definition) is 2. The van der Waals surface area contributed by atoms with E-state index < -0.39 is 0 Å². The van der Waals surface area contributed by atoms with Crippen molar-refractivity contribution in [2.45, 2.75) is 26.2 Å². The first-order valence-corrected chi connectivity index (χ1v) is 6.59. The van der Waals surface area contributed by atoms with E-state index in [9.17, 15) is 0 Å². The van der Waals surface area contributed by atoms with Gasteiger partial charge in [0, 0.05) is 15.7 Å². The molecule has 0 bridgehead atoms. The first kappa shape index (κ1) is 10.8. The highest BCUT2D eigenvalue weighted by Crippen LogP contribution is 2.30. The number of aromatic nitrogens is 2. The third-order valence-corrected chi connectivity index (χ3v) is 4.24. The number of nitrogens with two attached hydrogens (primary N) is 1. The summed E-state index contributed by atoms with van der Waals surface area (Å²) in [5.74, 6) is 0.693. The minimum Gasteiger partial charge on any atom is -0.382 e. The molecule has 3 nitrogen and oxygen atoms in total. The summed E-state index contributed by atoms with van der Waals surface area (Å²) >= 11 is 3.52. The molecule has 1 aliphatic rings. The zero-order valence-electron chi connectivity index (χ0n) is 9.70. The third-order valence-electron chi connectivity index (χ3n) is 3.35. The second-order valence-corrected chi connectivity index (χ2v) is 5.36. The van der Waals surface area contributed by atoms with E-state index in [2.05, 4.69) is 46.2 Å². The number of aryl methyl sites for hydroxylation is 1. The maximum Gasteiger partial charge on any atom is 0.149 e. The van der Waals surface area contributed by atoms with E-state index in [1.165, 1.54) is 23.2 Å².